The third-order valence-electron chi connectivity index (χ3n) is 3.99. The zero-order valence-electron chi connectivity index (χ0n) is 11.9. The van der Waals surface area contributed by atoms with Crippen LogP contribution >= 0.6 is 0 Å². The Labute approximate surface area is 115 Å². The van der Waals surface area contributed by atoms with Crippen LogP contribution in [-0.2, 0) is 6.54 Å². The van der Waals surface area contributed by atoms with Crippen LogP contribution in [0.25, 0.3) is 0 Å². The molecule has 0 atom stereocenters. The summed E-state index contributed by atoms with van der Waals surface area (Å²) in [6.07, 6.45) is 6.18. The molecule has 0 spiro atoms. The zero-order chi connectivity index (χ0) is 13.7. The fraction of sp³-hybridized carbons (Fsp3) is 0.625. The second-order valence-corrected chi connectivity index (χ2v) is 5.49. The second-order valence-electron chi connectivity index (χ2n) is 5.49. The van der Waals surface area contributed by atoms with E-state index in [9.17, 15) is 4.39 Å². The minimum atomic E-state index is -0.218. The van der Waals surface area contributed by atoms with E-state index in [2.05, 4.69) is 12.2 Å². The summed E-state index contributed by atoms with van der Waals surface area (Å²) in [4.78, 5) is 0. The monoisotopic (exact) mass is 265 g/mol. The molecular formula is C16H24FNO. The number of hydrogen-bond donors (Lipinski definition) is 1. The summed E-state index contributed by atoms with van der Waals surface area (Å²) in [7, 11) is 1.86. The van der Waals surface area contributed by atoms with Gasteiger partial charge in [-0.05, 0) is 56.3 Å². The molecule has 1 aromatic rings. The van der Waals surface area contributed by atoms with E-state index in [0.29, 0.717) is 12.3 Å². The molecule has 19 heavy (non-hydrogen) atoms. The van der Waals surface area contributed by atoms with Crippen LogP contribution in [-0.4, -0.2) is 13.2 Å². The van der Waals surface area contributed by atoms with Crippen molar-refractivity contribution in [2.24, 2.45) is 5.92 Å². The van der Waals surface area contributed by atoms with Gasteiger partial charge in [0.05, 0.1) is 6.10 Å². The highest BCUT2D eigenvalue weighted by atomic mass is 19.1. The van der Waals surface area contributed by atoms with Gasteiger partial charge >= 0.3 is 0 Å². The number of benzene rings is 1. The molecule has 1 aromatic carbocycles. The maximum absolute atomic E-state index is 13.5. The maximum Gasteiger partial charge on any atom is 0.127 e. The molecule has 1 aliphatic carbocycles. The van der Waals surface area contributed by atoms with E-state index in [1.807, 2.05) is 13.1 Å². The summed E-state index contributed by atoms with van der Waals surface area (Å²) in [6, 6.07) is 4.98. The van der Waals surface area contributed by atoms with Crippen molar-refractivity contribution in [1.82, 2.24) is 5.32 Å². The van der Waals surface area contributed by atoms with Crippen molar-refractivity contribution in [1.29, 1.82) is 0 Å². The highest BCUT2D eigenvalue weighted by Crippen LogP contribution is 2.29. The SMILES string of the molecule is CCC1CCC(Oc2cc(F)cc(CNC)c2)CC1. The van der Waals surface area contributed by atoms with Crippen LogP contribution in [0.1, 0.15) is 44.6 Å². The number of halogens is 1. The second kappa shape index (κ2) is 6.90. The summed E-state index contributed by atoms with van der Waals surface area (Å²) < 4.78 is 19.5. The van der Waals surface area contributed by atoms with Gasteiger partial charge in [-0.2, -0.15) is 0 Å². The summed E-state index contributed by atoms with van der Waals surface area (Å²) in [5.41, 5.74) is 0.930. The van der Waals surface area contributed by atoms with Crippen LogP contribution in [0.4, 0.5) is 4.39 Å². The Balaban J connectivity index is 1.95. The Kier molecular flexibility index (Phi) is 5.20. The number of hydrogen-bond acceptors (Lipinski definition) is 2. The molecule has 2 rings (SSSR count). The zero-order valence-corrected chi connectivity index (χ0v) is 11.9. The van der Waals surface area contributed by atoms with Gasteiger partial charge in [0.25, 0.3) is 0 Å². The van der Waals surface area contributed by atoms with Gasteiger partial charge in [-0.25, -0.2) is 4.39 Å². The van der Waals surface area contributed by atoms with Gasteiger partial charge in [0.1, 0.15) is 11.6 Å². The summed E-state index contributed by atoms with van der Waals surface area (Å²) in [5.74, 6) is 1.31. The fourth-order valence-corrected chi connectivity index (χ4v) is 2.85. The Morgan fingerprint density at radius 3 is 2.58 bits per heavy atom. The highest BCUT2D eigenvalue weighted by Gasteiger charge is 2.21. The van der Waals surface area contributed by atoms with Crippen LogP contribution in [0.2, 0.25) is 0 Å². The summed E-state index contributed by atoms with van der Waals surface area (Å²) >= 11 is 0. The Morgan fingerprint density at radius 2 is 1.95 bits per heavy atom. The molecule has 106 valence electrons. The minimum absolute atomic E-state index is 0.218. The van der Waals surface area contributed by atoms with Gasteiger partial charge in [-0.15, -0.1) is 0 Å². The van der Waals surface area contributed by atoms with E-state index in [0.717, 1.165) is 24.3 Å². The predicted octanol–water partition coefficient (Wildman–Crippen LogP) is 3.89. The molecule has 0 aliphatic heterocycles. The highest BCUT2D eigenvalue weighted by molar-refractivity contribution is 5.29. The summed E-state index contributed by atoms with van der Waals surface area (Å²) in [6.45, 7) is 2.92. The molecule has 0 unspecified atom stereocenters. The lowest BCUT2D eigenvalue weighted by atomic mass is 9.86. The van der Waals surface area contributed by atoms with Crippen LogP contribution in [0, 0.1) is 11.7 Å². The van der Waals surface area contributed by atoms with Crippen molar-refractivity contribution in [2.45, 2.75) is 51.7 Å². The molecule has 1 N–H and O–H groups in total. The molecule has 3 heteroatoms. The fourth-order valence-electron chi connectivity index (χ4n) is 2.85. The maximum atomic E-state index is 13.5. The standard InChI is InChI=1S/C16H24FNO/c1-3-12-4-6-15(7-5-12)19-16-9-13(11-18-2)8-14(17)10-16/h8-10,12,15,18H,3-7,11H2,1-2H3. The molecule has 0 heterocycles. The Hall–Kier alpha value is -1.09. The molecule has 1 aliphatic rings. The smallest absolute Gasteiger partial charge is 0.127 e. The van der Waals surface area contributed by atoms with Crippen molar-refractivity contribution in [3.8, 4) is 5.75 Å². The quantitative estimate of drug-likeness (QED) is 0.872. The molecule has 0 radical (unpaired) electrons. The van der Waals surface area contributed by atoms with E-state index < -0.39 is 0 Å². The Morgan fingerprint density at radius 1 is 1.21 bits per heavy atom. The lowest BCUT2D eigenvalue weighted by Crippen LogP contribution is -2.24. The first kappa shape index (κ1) is 14.3. The first-order chi connectivity index (χ1) is 9.21. The van der Waals surface area contributed by atoms with Crippen molar-refractivity contribution < 1.29 is 9.13 Å². The van der Waals surface area contributed by atoms with Gasteiger partial charge in [0.15, 0.2) is 0 Å². The number of ether oxygens (including phenoxy) is 1. The van der Waals surface area contributed by atoms with Gasteiger partial charge in [-0.3, -0.25) is 0 Å². The molecule has 2 nitrogen and oxygen atoms in total. The van der Waals surface area contributed by atoms with Gasteiger partial charge in [0, 0.05) is 12.6 Å². The molecule has 0 aromatic heterocycles. The van der Waals surface area contributed by atoms with E-state index in [-0.39, 0.29) is 11.9 Å². The summed E-state index contributed by atoms with van der Waals surface area (Å²) in [5, 5.41) is 3.03. The first-order valence-corrected chi connectivity index (χ1v) is 7.32. The lowest BCUT2D eigenvalue weighted by molar-refractivity contribution is 0.129. The number of rotatable bonds is 5. The molecule has 1 saturated carbocycles. The van der Waals surface area contributed by atoms with Crippen LogP contribution in [0.15, 0.2) is 18.2 Å². The van der Waals surface area contributed by atoms with E-state index in [1.165, 1.54) is 25.3 Å². The third kappa shape index (κ3) is 4.20. The average Bonchev–Trinajstić information content (AvgIpc) is 2.39. The van der Waals surface area contributed by atoms with Crippen molar-refractivity contribution in [3.63, 3.8) is 0 Å². The normalized spacial score (nSPS) is 23.3. The lowest BCUT2D eigenvalue weighted by Gasteiger charge is -2.28. The number of nitrogens with one attached hydrogen (secondary N) is 1. The van der Waals surface area contributed by atoms with Crippen LogP contribution in [0.3, 0.4) is 0 Å². The molecule has 1 fully saturated rings. The van der Waals surface area contributed by atoms with Crippen molar-refractivity contribution >= 4 is 0 Å². The van der Waals surface area contributed by atoms with Crippen molar-refractivity contribution in [2.75, 3.05) is 7.05 Å². The van der Waals surface area contributed by atoms with Gasteiger partial charge < -0.3 is 10.1 Å². The topological polar surface area (TPSA) is 21.3 Å². The van der Waals surface area contributed by atoms with E-state index in [4.69, 9.17) is 4.74 Å². The Bertz CT molecular complexity index is 400. The average molecular weight is 265 g/mol. The largest absolute Gasteiger partial charge is 0.490 e. The van der Waals surface area contributed by atoms with E-state index in [1.54, 1.807) is 6.07 Å². The molecule has 0 saturated heterocycles. The van der Waals surface area contributed by atoms with Crippen LogP contribution in [0.5, 0.6) is 5.75 Å². The minimum Gasteiger partial charge on any atom is -0.490 e. The predicted molar refractivity (Wildman–Crippen MR) is 75.8 cm³/mol. The molecule has 0 amide bonds. The first-order valence-electron chi connectivity index (χ1n) is 7.32. The molecule has 0 bridgehead atoms. The van der Waals surface area contributed by atoms with Gasteiger partial charge in [0.2, 0.25) is 0 Å². The van der Waals surface area contributed by atoms with Gasteiger partial charge in [-0.1, -0.05) is 13.3 Å². The van der Waals surface area contributed by atoms with Crippen molar-refractivity contribution in [3.05, 3.63) is 29.6 Å². The molecular weight excluding hydrogens is 241 g/mol. The van der Waals surface area contributed by atoms with Crippen LogP contribution < -0.4 is 10.1 Å². The third-order valence-corrected chi connectivity index (χ3v) is 3.99. The van der Waals surface area contributed by atoms with E-state index >= 15 is 0 Å².